The average Bonchev–Trinajstić information content (AvgIpc) is 3.33. The lowest BCUT2D eigenvalue weighted by Crippen LogP contribution is -2.52. The molecule has 33 heavy (non-hydrogen) atoms. The first-order chi connectivity index (χ1) is 15.9. The van der Waals surface area contributed by atoms with E-state index in [0.717, 1.165) is 57.4 Å². The Bertz CT molecular complexity index is 1050. The molecule has 0 bridgehead atoms. The first-order valence-corrected chi connectivity index (χ1v) is 11.6. The van der Waals surface area contributed by atoms with Crippen LogP contribution in [-0.4, -0.2) is 39.2 Å². The lowest BCUT2D eigenvalue weighted by atomic mass is 9.92. The fraction of sp³-hybridized carbons (Fsp3) is 0.522. The number of fused-ring (bicyclic) bond motifs is 1. The van der Waals surface area contributed by atoms with Crippen molar-refractivity contribution in [2.75, 3.05) is 15.1 Å². The van der Waals surface area contributed by atoms with E-state index in [0.29, 0.717) is 17.3 Å². The highest BCUT2D eigenvalue weighted by atomic mass is 19.1. The van der Waals surface area contributed by atoms with Gasteiger partial charge in [-0.15, -0.1) is 0 Å². The summed E-state index contributed by atoms with van der Waals surface area (Å²) in [7, 11) is 0. The SMILES string of the molecule is NC1CCC(Nc2ncc3c(n2)N(C2CCCC2)C(=O)N(c2ccc(F)c(O)c2F)C3)CC1. The Morgan fingerprint density at radius 1 is 1.09 bits per heavy atom. The number of nitrogens with one attached hydrogen (secondary N) is 1. The number of carbonyl (C=O) groups is 1. The van der Waals surface area contributed by atoms with Crippen molar-refractivity contribution in [1.29, 1.82) is 0 Å². The highest BCUT2D eigenvalue weighted by molar-refractivity contribution is 6.06. The normalized spacial score (nSPS) is 23.7. The minimum Gasteiger partial charge on any atom is -0.503 e. The van der Waals surface area contributed by atoms with Crippen molar-refractivity contribution in [2.24, 2.45) is 5.73 Å². The van der Waals surface area contributed by atoms with E-state index in [1.165, 1.54) is 11.0 Å². The predicted molar refractivity (Wildman–Crippen MR) is 120 cm³/mol. The number of amides is 2. The second-order valence-corrected chi connectivity index (χ2v) is 9.20. The van der Waals surface area contributed by atoms with E-state index in [-0.39, 0.29) is 30.4 Å². The van der Waals surface area contributed by atoms with Gasteiger partial charge in [-0.05, 0) is 50.7 Å². The molecule has 2 aliphatic carbocycles. The number of urea groups is 1. The van der Waals surface area contributed by atoms with Crippen LogP contribution in [0.5, 0.6) is 5.75 Å². The van der Waals surface area contributed by atoms with Crippen LogP contribution in [0.4, 0.5) is 31.0 Å². The van der Waals surface area contributed by atoms with Crippen molar-refractivity contribution in [1.82, 2.24) is 9.97 Å². The zero-order valence-corrected chi connectivity index (χ0v) is 18.3. The van der Waals surface area contributed by atoms with Crippen LogP contribution in [0.2, 0.25) is 0 Å². The van der Waals surface area contributed by atoms with E-state index in [2.05, 4.69) is 10.3 Å². The fourth-order valence-corrected chi connectivity index (χ4v) is 5.11. The van der Waals surface area contributed by atoms with E-state index in [4.69, 9.17) is 10.7 Å². The van der Waals surface area contributed by atoms with Gasteiger partial charge in [-0.1, -0.05) is 12.8 Å². The molecule has 0 spiro atoms. The molecule has 2 aromatic rings. The molecule has 2 saturated carbocycles. The minimum atomic E-state index is -1.16. The smallest absolute Gasteiger partial charge is 0.330 e. The number of nitrogens with two attached hydrogens (primary N) is 1. The zero-order valence-electron chi connectivity index (χ0n) is 18.3. The maximum Gasteiger partial charge on any atom is 0.330 e. The summed E-state index contributed by atoms with van der Waals surface area (Å²) in [4.78, 5) is 25.6. The Hall–Kier alpha value is -3.01. The van der Waals surface area contributed by atoms with Gasteiger partial charge >= 0.3 is 6.03 Å². The number of phenolic OH excluding ortho intramolecular Hbond substituents is 1. The Balaban J connectivity index is 1.49. The summed E-state index contributed by atoms with van der Waals surface area (Å²) in [6.45, 7) is 0.0257. The summed E-state index contributed by atoms with van der Waals surface area (Å²) in [5.41, 5.74) is 6.50. The standard InChI is InChI=1S/C23H28F2N6O2/c24-17-9-10-18(19(25)20(17)32)30-12-13-11-27-22(28-15-7-5-14(26)6-8-15)29-21(13)31(23(30)33)16-3-1-2-4-16/h9-11,14-16,32H,1-8,12,26H2,(H,27,28,29). The number of hydrogen-bond donors (Lipinski definition) is 3. The maximum atomic E-state index is 14.7. The van der Waals surface area contributed by atoms with Gasteiger partial charge in [0.05, 0.1) is 12.2 Å². The molecule has 2 amide bonds. The first-order valence-electron chi connectivity index (χ1n) is 11.6. The van der Waals surface area contributed by atoms with Gasteiger partial charge in [0.1, 0.15) is 5.82 Å². The van der Waals surface area contributed by atoms with Gasteiger partial charge in [0, 0.05) is 29.9 Å². The van der Waals surface area contributed by atoms with Crippen LogP contribution in [0.25, 0.3) is 0 Å². The zero-order chi connectivity index (χ0) is 23.1. The quantitative estimate of drug-likeness (QED) is 0.639. The summed E-state index contributed by atoms with van der Waals surface area (Å²) in [6, 6.07) is 2.09. The van der Waals surface area contributed by atoms with Crippen LogP contribution in [0.3, 0.4) is 0 Å². The molecule has 176 valence electrons. The molecular formula is C23H28F2N6O2. The summed E-state index contributed by atoms with van der Waals surface area (Å²) in [5, 5.41) is 13.1. The minimum absolute atomic E-state index is 0.0257. The topological polar surface area (TPSA) is 108 Å². The summed E-state index contributed by atoms with van der Waals surface area (Å²) in [6.07, 6.45) is 9.06. The summed E-state index contributed by atoms with van der Waals surface area (Å²) < 4.78 is 28.3. The van der Waals surface area contributed by atoms with Crippen molar-refractivity contribution >= 4 is 23.5 Å². The summed E-state index contributed by atoms with van der Waals surface area (Å²) in [5.74, 6) is -2.34. The lowest BCUT2D eigenvalue weighted by Gasteiger charge is -2.39. The van der Waals surface area contributed by atoms with Crippen molar-refractivity contribution < 1.29 is 18.7 Å². The molecule has 5 rings (SSSR count). The van der Waals surface area contributed by atoms with Crippen molar-refractivity contribution in [3.8, 4) is 5.75 Å². The lowest BCUT2D eigenvalue weighted by molar-refractivity contribution is 0.247. The first kappa shape index (κ1) is 21.8. The number of rotatable bonds is 4. The van der Waals surface area contributed by atoms with Gasteiger partial charge in [-0.3, -0.25) is 9.80 Å². The molecule has 3 aliphatic rings. The molecular weight excluding hydrogens is 430 g/mol. The van der Waals surface area contributed by atoms with E-state index < -0.39 is 23.4 Å². The number of hydrogen-bond acceptors (Lipinski definition) is 6. The van der Waals surface area contributed by atoms with Gasteiger partial charge < -0.3 is 16.2 Å². The molecule has 0 atom stereocenters. The number of anilines is 3. The number of nitrogens with zero attached hydrogens (tertiary/aromatic N) is 4. The third-order valence-corrected chi connectivity index (χ3v) is 6.97. The number of aromatic hydroxyl groups is 1. The van der Waals surface area contributed by atoms with Crippen LogP contribution in [0, 0.1) is 11.6 Å². The number of halogens is 2. The molecule has 8 nitrogen and oxygen atoms in total. The summed E-state index contributed by atoms with van der Waals surface area (Å²) >= 11 is 0. The van der Waals surface area contributed by atoms with E-state index in [1.807, 2.05) is 0 Å². The predicted octanol–water partition coefficient (Wildman–Crippen LogP) is 4.03. The van der Waals surface area contributed by atoms with Crippen LogP contribution in [-0.2, 0) is 6.54 Å². The third kappa shape index (κ3) is 4.07. The molecule has 0 unspecified atom stereocenters. The molecule has 1 aromatic heterocycles. The highest BCUT2D eigenvalue weighted by Gasteiger charge is 2.39. The largest absolute Gasteiger partial charge is 0.503 e. The number of phenols is 1. The van der Waals surface area contributed by atoms with Gasteiger partial charge in [-0.25, -0.2) is 18.6 Å². The fourth-order valence-electron chi connectivity index (χ4n) is 5.11. The van der Waals surface area contributed by atoms with Crippen LogP contribution in [0.1, 0.15) is 56.9 Å². The van der Waals surface area contributed by atoms with Crippen LogP contribution in [0.15, 0.2) is 18.3 Å². The van der Waals surface area contributed by atoms with E-state index in [1.54, 1.807) is 11.1 Å². The van der Waals surface area contributed by atoms with Crippen LogP contribution < -0.4 is 20.9 Å². The average molecular weight is 459 g/mol. The van der Waals surface area contributed by atoms with Crippen molar-refractivity contribution in [2.45, 2.75) is 76.0 Å². The Morgan fingerprint density at radius 2 is 1.82 bits per heavy atom. The van der Waals surface area contributed by atoms with E-state index in [9.17, 15) is 18.7 Å². The Labute approximate surface area is 190 Å². The van der Waals surface area contributed by atoms with Gasteiger partial charge in [0.15, 0.2) is 17.4 Å². The van der Waals surface area contributed by atoms with Gasteiger partial charge in [0.2, 0.25) is 5.95 Å². The second kappa shape index (κ2) is 8.74. The molecule has 2 heterocycles. The number of aromatic nitrogens is 2. The number of benzene rings is 1. The highest BCUT2D eigenvalue weighted by Crippen LogP contribution is 2.38. The van der Waals surface area contributed by atoms with Crippen molar-refractivity contribution in [3.05, 3.63) is 35.5 Å². The molecule has 4 N–H and O–H groups in total. The molecule has 0 radical (unpaired) electrons. The van der Waals surface area contributed by atoms with E-state index >= 15 is 0 Å². The molecule has 0 saturated heterocycles. The number of carbonyl (C=O) groups excluding carboxylic acids is 1. The van der Waals surface area contributed by atoms with Gasteiger partial charge in [-0.2, -0.15) is 4.98 Å². The molecule has 1 aliphatic heterocycles. The maximum absolute atomic E-state index is 14.7. The molecule has 2 fully saturated rings. The Morgan fingerprint density at radius 3 is 2.55 bits per heavy atom. The van der Waals surface area contributed by atoms with Crippen molar-refractivity contribution in [3.63, 3.8) is 0 Å². The van der Waals surface area contributed by atoms with Crippen LogP contribution >= 0.6 is 0 Å². The molecule has 1 aromatic carbocycles. The van der Waals surface area contributed by atoms with Gasteiger partial charge in [0.25, 0.3) is 0 Å². The Kier molecular flexibility index (Phi) is 5.77. The third-order valence-electron chi connectivity index (χ3n) is 6.97. The molecule has 10 heteroatoms. The monoisotopic (exact) mass is 458 g/mol. The second-order valence-electron chi connectivity index (χ2n) is 9.20.